The Morgan fingerprint density at radius 2 is 1.72 bits per heavy atom. The van der Waals surface area contributed by atoms with E-state index in [2.05, 4.69) is 21.2 Å². The summed E-state index contributed by atoms with van der Waals surface area (Å²) in [5.41, 5.74) is 5.97. The van der Waals surface area contributed by atoms with Gasteiger partial charge in [-0.25, -0.2) is 4.98 Å². The first-order valence-corrected chi connectivity index (χ1v) is 9.62. The van der Waals surface area contributed by atoms with E-state index in [1.807, 2.05) is 30.3 Å². The molecule has 1 heterocycles. The van der Waals surface area contributed by atoms with Crippen molar-refractivity contribution >= 4 is 29.3 Å². The van der Waals surface area contributed by atoms with Crippen LogP contribution >= 0.6 is 11.8 Å². The third kappa shape index (κ3) is 5.98. The molecule has 1 aromatic heterocycles. The monoisotopic (exact) mass is 408 g/mol. The van der Waals surface area contributed by atoms with E-state index in [9.17, 15) is 9.59 Å². The fraction of sp³-hybridized carbons (Fsp3) is 0.0952. The molecule has 8 heteroatoms. The van der Waals surface area contributed by atoms with Gasteiger partial charge in [0.1, 0.15) is 10.8 Å². The minimum Gasteiger partial charge on any atom is -0.497 e. The lowest BCUT2D eigenvalue weighted by molar-refractivity contribution is -0.120. The number of hydrogen-bond donors (Lipinski definition) is 3. The number of anilines is 1. The minimum atomic E-state index is -0.436. The number of benzene rings is 2. The number of methoxy groups -OCH3 is 1. The Kier molecular flexibility index (Phi) is 7.07. The highest BCUT2D eigenvalue weighted by Gasteiger charge is 2.14. The average Bonchev–Trinajstić information content (AvgIpc) is 2.77. The molecule has 0 atom stereocenters. The summed E-state index contributed by atoms with van der Waals surface area (Å²) >= 11 is 1.38. The molecular weight excluding hydrogens is 388 g/mol. The summed E-state index contributed by atoms with van der Waals surface area (Å²) in [5, 5.41) is 3.53. The molecule has 0 saturated heterocycles. The summed E-state index contributed by atoms with van der Waals surface area (Å²) in [6, 6.07) is 20.1. The quantitative estimate of drug-likeness (QED) is 0.520. The number of carbonyl (C=O) groups excluding carboxylic acids is 2. The lowest BCUT2D eigenvalue weighted by Crippen LogP contribution is -2.44. The van der Waals surface area contributed by atoms with E-state index in [4.69, 9.17) is 4.74 Å². The first-order valence-electron chi connectivity index (χ1n) is 8.81. The second-order valence-electron chi connectivity index (χ2n) is 5.86. The Labute approximate surface area is 172 Å². The summed E-state index contributed by atoms with van der Waals surface area (Å²) < 4.78 is 5.09. The van der Waals surface area contributed by atoms with Gasteiger partial charge in [-0.05, 0) is 48.5 Å². The van der Waals surface area contributed by atoms with Gasteiger partial charge in [-0.2, -0.15) is 0 Å². The summed E-state index contributed by atoms with van der Waals surface area (Å²) in [6.45, 7) is 0.00523. The Morgan fingerprint density at radius 3 is 2.45 bits per heavy atom. The summed E-state index contributed by atoms with van der Waals surface area (Å²) in [5.74, 6) is -0.0856. The molecule has 3 rings (SSSR count). The Morgan fingerprint density at radius 1 is 0.966 bits per heavy atom. The van der Waals surface area contributed by atoms with Gasteiger partial charge in [0.15, 0.2) is 0 Å². The number of nitrogens with one attached hydrogen (secondary N) is 3. The number of ether oxygens (including phenoxy) is 1. The number of amides is 2. The van der Waals surface area contributed by atoms with Crippen molar-refractivity contribution in [1.82, 2.24) is 15.8 Å². The number of aromatic nitrogens is 1. The number of hydrazine groups is 1. The summed E-state index contributed by atoms with van der Waals surface area (Å²) in [4.78, 5) is 29.8. The number of pyridine rings is 1. The number of carbonyl (C=O) groups is 2. The highest BCUT2D eigenvalue weighted by molar-refractivity contribution is 7.99. The highest BCUT2D eigenvalue weighted by Crippen LogP contribution is 2.28. The first-order chi connectivity index (χ1) is 14.2. The zero-order valence-electron chi connectivity index (χ0n) is 15.7. The molecule has 0 saturated carbocycles. The van der Waals surface area contributed by atoms with Gasteiger partial charge in [-0.1, -0.05) is 30.0 Å². The smallest absolute Gasteiger partial charge is 0.272 e. The molecule has 0 unspecified atom stereocenters. The van der Waals surface area contributed by atoms with E-state index < -0.39 is 5.91 Å². The molecule has 148 valence electrons. The Bertz CT molecular complexity index is 965. The molecule has 2 amide bonds. The lowest BCUT2D eigenvalue weighted by Gasteiger charge is -2.11. The van der Waals surface area contributed by atoms with Crippen LogP contribution in [-0.4, -0.2) is 30.5 Å². The minimum absolute atomic E-state index is 0.00523. The van der Waals surface area contributed by atoms with Crippen LogP contribution in [0.4, 0.5) is 5.69 Å². The van der Waals surface area contributed by atoms with Crippen LogP contribution in [-0.2, 0) is 4.79 Å². The van der Waals surface area contributed by atoms with Crippen LogP contribution in [0.3, 0.4) is 0 Å². The predicted molar refractivity (Wildman–Crippen MR) is 112 cm³/mol. The third-order valence-corrected chi connectivity index (χ3v) is 4.86. The van der Waals surface area contributed by atoms with E-state index >= 15 is 0 Å². The van der Waals surface area contributed by atoms with Gasteiger partial charge in [-0.3, -0.25) is 20.4 Å². The maximum atomic E-state index is 12.5. The zero-order valence-corrected chi connectivity index (χ0v) is 16.5. The van der Waals surface area contributed by atoms with E-state index in [1.165, 1.54) is 11.8 Å². The molecule has 0 aliphatic heterocycles. The van der Waals surface area contributed by atoms with Gasteiger partial charge in [0.05, 0.1) is 19.2 Å². The molecule has 0 radical (unpaired) electrons. The number of nitrogens with zero attached hydrogens (tertiary/aromatic N) is 1. The van der Waals surface area contributed by atoms with Crippen LogP contribution < -0.4 is 20.9 Å². The van der Waals surface area contributed by atoms with Crippen molar-refractivity contribution in [2.45, 2.75) is 9.92 Å². The van der Waals surface area contributed by atoms with Crippen LogP contribution in [0.2, 0.25) is 0 Å². The predicted octanol–water partition coefficient (Wildman–Crippen LogP) is 3.11. The van der Waals surface area contributed by atoms with Crippen molar-refractivity contribution in [3.8, 4) is 5.75 Å². The van der Waals surface area contributed by atoms with Gasteiger partial charge in [0, 0.05) is 16.8 Å². The maximum absolute atomic E-state index is 12.5. The van der Waals surface area contributed by atoms with Crippen molar-refractivity contribution in [2.75, 3.05) is 19.0 Å². The third-order valence-electron chi connectivity index (χ3n) is 3.83. The maximum Gasteiger partial charge on any atom is 0.272 e. The fourth-order valence-electron chi connectivity index (χ4n) is 2.37. The topological polar surface area (TPSA) is 92.4 Å². The summed E-state index contributed by atoms with van der Waals surface area (Å²) in [7, 11) is 1.59. The van der Waals surface area contributed by atoms with E-state index in [-0.39, 0.29) is 12.5 Å². The second kappa shape index (κ2) is 10.1. The molecular formula is C21H20N4O3S. The van der Waals surface area contributed by atoms with Gasteiger partial charge < -0.3 is 10.1 Å². The van der Waals surface area contributed by atoms with Gasteiger partial charge in [0.25, 0.3) is 11.8 Å². The zero-order chi connectivity index (χ0) is 20.5. The van der Waals surface area contributed by atoms with Crippen molar-refractivity contribution < 1.29 is 14.3 Å². The van der Waals surface area contributed by atoms with Gasteiger partial charge in [0.2, 0.25) is 0 Å². The Balaban J connectivity index is 1.53. The first kappa shape index (κ1) is 20.2. The molecule has 7 nitrogen and oxygen atoms in total. The number of hydrogen-bond acceptors (Lipinski definition) is 6. The van der Waals surface area contributed by atoms with Crippen molar-refractivity contribution in [3.05, 3.63) is 78.5 Å². The second-order valence-corrected chi connectivity index (χ2v) is 6.92. The van der Waals surface area contributed by atoms with Gasteiger partial charge in [-0.15, -0.1) is 0 Å². The van der Waals surface area contributed by atoms with Crippen molar-refractivity contribution in [3.63, 3.8) is 0 Å². The highest BCUT2D eigenvalue weighted by atomic mass is 32.2. The fourth-order valence-corrected chi connectivity index (χ4v) is 3.28. The molecule has 0 aliphatic rings. The molecule has 0 fully saturated rings. The van der Waals surface area contributed by atoms with Crippen molar-refractivity contribution in [2.24, 2.45) is 0 Å². The largest absolute Gasteiger partial charge is 0.497 e. The molecule has 0 bridgehead atoms. The molecule has 0 aliphatic carbocycles. The lowest BCUT2D eigenvalue weighted by atomic mass is 10.3. The van der Waals surface area contributed by atoms with E-state index in [0.717, 1.165) is 16.3 Å². The van der Waals surface area contributed by atoms with E-state index in [1.54, 1.807) is 49.7 Å². The normalized spacial score (nSPS) is 10.1. The standard InChI is InChI=1S/C21H20N4O3S/c1-28-16-11-9-15(10-12-16)23-14-19(26)24-25-20(27)18-8-5-13-22-21(18)29-17-6-3-2-4-7-17/h2-13,23H,14H2,1H3,(H,24,26)(H,25,27). The van der Waals surface area contributed by atoms with E-state index in [0.29, 0.717) is 10.6 Å². The van der Waals surface area contributed by atoms with Gasteiger partial charge >= 0.3 is 0 Å². The van der Waals surface area contributed by atoms with Crippen LogP contribution in [0.15, 0.2) is 82.8 Å². The SMILES string of the molecule is COc1ccc(NCC(=O)NNC(=O)c2cccnc2Sc2ccccc2)cc1. The number of rotatable bonds is 7. The molecule has 3 N–H and O–H groups in total. The molecule has 29 heavy (non-hydrogen) atoms. The van der Waals surface area contributed by atoms with Crippen LogP contribution in [0, 0.1) is 0 Å². The molecule has 2 aromatic carbocycles. The van der Waals surface area contributed by atoms with Crippen LogP contribution in [0.25, 0.3) is 0 Å². The van der Waals surface area contributed by atoms with Crippen LogP contribution in [0.5, 0.6) is 5.75 Å². The molecule has 0 spiro atoms. The molecule has 3 aromatic rings. The summed E-state index contributed by atoms with van der Waals surface area (Å²) in [6.07, 6.45) is 1.62. The average molecular weight is 408 g/mol. The van der Waals surface area contributed by atoms with Crippen LogP contribution in [0.1, 0.15) is 10.4 Å². The Hall–Kier alpha value is -3.52. The van der Waals surface area contributed by atoms with Crippen molar-refractivity contribution in [1.29, 1.82) is 0 Å².